The SMILES string of the molecule is CCCCOc1cc(-n2cnc3cccc(C(=O)OC)c32)ccc1-c1ccccc1-c1nc(=S)o[nH]1. The minimum absolute atomic E-state index is 0.142. The van der Waals surface area contributed by atoms with E-state index in [2.05, 4.69) is 22.0 Å². The van der Waals surface area contributed by atoms with Gasteiger partial charge in [0.2, 0.25) is 0 Å². The number of nitrogens with zero attached hydrogens (tertiary/aromatic N) is 3. The Kier molecular flexibility index (Phi) is 6.64. The molecule has 0 aliphatic heterocycles. The second-order valence-corrected chi connectivity index (χ2v) is 8.49. The highest BCUT2D eigenvalue weighted by molar-refractivity contribution is 7.71. The third-order valence-electron chi connectivity index (χ3n) is 5.88. The van der Waals surface area contributed by atoms with Crippen molar-refractivity contribution in [2.75, 3.05) is 13.7 Å². The molecule has 5 rings (SSSR count). The van der Waals surface area contributed by atoms with E-state index in [9.17, 15) is 4.79 Å². The minimum atomic E-state index is -0.419. The summed E-state index contributed by atoms with van der Waals surface area (Å²) in [5.74, 6) is 0.827. The molecule has 0 saturated heterocycles. The maximum atomic E-state index is 12.5. The number of imidazole rings is 1. The number of para-hydroxylation sites is 1. The van der Waals surface area contributed by atoms with Gasteiger partial charge in [0.25, 0.3) is 0 Å². The van der Waals surface area contributed by atoms with Crippen LogP contribution >= 0.6 is 12.2 Å². The zero-order valence-electron chi connectivity index (χ0n) is 19.9. The lowest BCUT2D eigenvalue weighted by Crippen LogP contribution is -2.05. The van der Waals surface area contributed by atoms with Crippen molar-refractivity contribution in [1.29, 1.82) is 0 Å². The van der Waals surface area contributed by atoms with E-state index in [1.165, 1.54) is 7.11 Å². The largest absolute Gasteiger partial charge is 0.493 e. The number of ether oxygens (including phenoxy) is 2. The molecule has 1 N–H and O–H groups in total. The number of nitrogens with one attached hydrogen (secondary N) is 1. The summed E-state index contributed by atoms with van der Waals surface area (Å²) < 4.78 is 18.3. The number of aromatic nitrogens is 4. The van der Waals surface area contributed by atoms with Gasteiger partial charge in [0.15, 0.2) is 5.82 Å². The Morgan fingerprint density at radius 2 is 1.92 bits per heavy atom. The van der Waals surface area contributed by atoms with Gasteiger partial charge in [0.05, 0.1) is 36.0 Å². The molecule has 0 aliphatic rings. The molecule has 0 atom stereocenters. The summed E-state index contributed by atoms with van der Waals surface area (Å²) in [7, 11) is 1.37. The maximum Gasteiger partial charge on any atom is 0.340 e. The Morgan fingerprint density at radius 3 is 2.67 bits per heavy atom. The van der Waals surface area contributed by atoms with Crippen LogP contribution < -0.4 is 4.74 Å². The zero-order chi connectivity index (χ0) is 25.1. The number of aromatic amines is 1. The van der Waals surface area contributed by atoms with E-state index >= 15 is 0 Å². The van der Waals surface area contributed by atoms with Crippen LogP contribution in [0.15, 0.2) is 71.5 Å². The van der Waals surface area contributed by atoms with Crippen molar-refractivity contribution in [2.24, 2.45) is 0 Å². The second-order valence-electron chi connectivity index (χ2n) is 8.14. The first-order valence-electron chi connectivity index (χ1n) is 11.6. The molecular weight excluding hydrogens is 476 g/mol. The number of H-pyrrole nitrogens is 1. The average molecular weight is 501 g/mol. The van der Waals surface area contributed by atoms with Crippen molar-refractivity contribution in [2.45, 2.75) is 19.8 Å². The van der Waals surface area contributed by atoms with Gasteiger partial charge in [-0.1, -0.05) is 43.7 Å². The van der Waals surface area contributed by atoms with Gasteiger partial charge < -0.3 is 14.0 Å². The van der Waals surface area contributed by atoms with E-state index in [0.29, 0.717) is 34.8 Å². The molecule has 0 fully saturated rings. The molecule has 182 valence electrons. The van der Waals surface area contributed by atoms with Gasteiger partial charge in [-0.25, -0.2) is 14.9 Å². The Labute approximate surface area is 212 Å². The quantitative estimate of drug-likeness (QED) is 0.150. The van der Waals surface area contributed by atoms with Crippen LogP contribution in [0.2, 0.25) is 0 Å². The van der Waals surface area contributed by atoms with Crippen molar-refractivity contribution < 1.29 is 18.8 Å². The lowest BCUT2D eigenvalue weighted by atomic mass is 9.98. The van der Waals surface area contributed by atoms with Gasteiger partial charge in [-0.2, -0.15) is 4.98 Å². The minimum Gasteiger partial charge on any atom is -0.493 e. The molecule has 36 heavy (non-hydrogen) atoms. The fraction of sp³-hybridized carbons (Fsp3) is 0.185. The molecule has 8 nitrogen and oxygen atoms in total. The summed E-state index contributed by atoms with van der Waals surface area (Å²) in [6.07, 6.45) is 3.63. The number of benzene rings is 3. The number of hydrogen-bond acceptors (Lipinski definition) is 7. The number of hydrogen-bond donors (Lipinski definition) is 1. The zero-order valence-corrected chi connectivity index (χ0v) is 20.7. The highest BCUT2D eigenvalue weighted by Gasteiger charge is 2.19. The Balaban J connectivity index is 1.67. The molecule has 2 aromatic heterocycles. The van der Waals surface area contributed by atoms with Gasteiger partial charge in [0, 0.05) is 17.2 Å². The highest BCUT2D eigenvalue weighted by atomic mass is 32.1. The summed E-state index contributed by atoms with van der Waals surface area (Å²) in [6.45, 7) is 2.69. The number of unbranched alkanes of at least 4 members (excludes halogenated alkanes) is 1. The molecular formula is C27H24N4O4S. The number of methoxy groups -OCH3 is 1. The first-order chi connectivity index (χ1) is 17.6. The van der Waals surface area contributed by atoms with E-state index in [-0.39, 0.29) is 4.84 Å². The average Bonchev–Trinajstić information content (AvgIpc) is 3.55. The topological polar surface area (TPSA) is 95.2 Å². The molecule has 0 saturated carbocycles. The summed E-state index contributed by atoms with van der Waals surface area (Å²) >= 11 is 5.05. The van der Waals surface area contributed by atoms with Gasteiger partial charge in [-0.3, -0.25) is 4.57 Å². The van der Waals surface area contributed by atoms with Crippen LogP contribution in [-0.4, -0.2) is 39.4 Å². The van der Waals surface area contributed by atoms with Crippen LogP contribution in [0, 0.1) is 4.84 Å². The predicted octanol–water partition coefficient (Wildman–Crippen LogP) is 6.37. The second kappa shape index (κ2) is 10.2. The Morgan fingerprint density at radius 1 is 1.08 bits per heavy atom. The Bertz CT molecular complexity index is 1600. The van der Waals surface area contributed by atoms with Crippen molar-refractivity contribution in [3.63, 3.8) is 0 Å². The first kappa shape index (κ1) is 23.5. The van der Waals surface area contributed by atoms with Gasteiger partial charge in [-0.05, 0) is 48.5 Å². The van der Waals surface area contributed by atoms with E-state index in [1.807, 2.05) is 53.1 Å². The maximum absolute atomic E-state index is 12.5. The van der Waals surface area contributed by atoms with E-state index in [0.717, 1.165) is 35.2 Å². The van der Waals surface area contributed by atoms with E-state index < -0.39 is 5.97 Å². The third-order valence-corrected chi connectivity index (χ3v) is 6.06. The fourth-order valence-corrected chi connectivity index (χ4v) is 4.27. The smallest absolute Gasteiger partial charge is 0.340 e. The number of esters is 1. The summed E-state index contributed by atoms with van der Waals surface area (Å²) in [5.41, 5.74) is 5.27. The standard InChI is InChI=1S/C27H24N4O4S/c1-3-4-14-34-23-15-17(31-16-28-22-11-7-10-21(24(22)31)26(32)33-2)12-13-19(23)18-8-5-6-9-20(18)25-29-27(36)35-30-25/h5-13,15-16H,3-4,14H2,1-2H3,(H,29,30,36). The van der Waals surface area contributed by atoms with Crippen molar-refractivity contribution >= 4 is 29.2 Å². The predicted molar refractivity (Wildman–Crippen MR) is 139 cm³/mol. The fourth-order valence-electron chi connectivity index (χ4n) is 4.13. The number of rotatable bonds is 8. The number of carbonyl (C=O) groups is 1. The number of carbonyl (C=O) groups excluding carboxylic acids is 1. The van der Waals surface area contributed by atoms with Crippen molar-refractivity contribution in [3.05, 3.63) is 77.4 Å². The molecule has 0 unspecified atom stereocenters. The molecule has 0 spiro atoms. The number of fused-ring (bicyclic) bond motifs is 1. The first-order valence-corrected chi connectivity index (χ1v) is 12.0. The lowest BCUT2D eigenvalue weighted by molar-refractivity contribution is 0.0602. The van der Waals surface area contributed by atoms with Crippen LogP contribution in [-0.2, 0) is 4.74 Å². The molecule has 0 radical (unpaired) electrons. The van der Waals surface area contributed by atoms with E-state index in [1.54, 1.807) is 18.5 Å². The molecule has 5 aromatic rings. The normalized spacial score (nSPS) is 11.1. The van der Waals surface area contributed by atoms with Crippen LogP contribution in [0.25, 0.3) is 39.2 Å². The van der Waals surface area contributed by atoms with E-state index in [4.69, 9.17) is 26.2 Å². The monoisotopic (exact) mass is 500 g/mol. The van der Waals surface area contributed by atoms with Crippen molar-refractivity contribution in [1.82, 2.24) is 19.7 Å². The molecule has 9 heteroatoms. The third kappa shape index (κ3) is 4.40. The molecule has 0 aliphatic carbocycles. The summed E-state index contributed by atoms with van der Waals surface area (Å²) in [5, 5.41) is 2.79. The summed E-state index contributed by atoms with van der Waals surface area (Å²) in [4.78, 5) is 21.4. The van der Waals surface area contributed by atoms with Gasteiger partial charge in [0.1, 0.15) is 12.1 Å². The van der Waals surface area contributed by atoms with Crippen LogP contribution in [0.4, 0.5) is 0 Å². The summed E-state index contributed by atoms with van der Waals surface area (Å²) in [6, 6.07) is 19.2. The van der Waals surface area contributed by atoms with Crippen molar-refractivity contribution in [3.8, 4) is 34.0 Å². The molecule has 0 bridgehead atoms. The molecule has 3 aromatic carbocycles. The van der Waals surface area contributed by atoms with Crippen LogP contribution in [0.1, 0.15) is 30.1 Å². The highest BCUT2D eigenvalue weighted by Crippen LogP contribution is 2.38. The lowest BCUT2D eigenvalue weighted by Gasteiger charge is -2.16. The molecule has 0 amide bonds. The Hall–Kier alpha value is -4.24. The molecule has 2 heterocycles. The van der Waals surface area contributed by atoms with Gasteiger partial charge in [-0.15, -0.1) is 0 Å². The van der Waals surface area contributed by atoms with Crippen LogP contribution in [0.5, 0.6) is 5.75 Å². The van der Waals surface area contributed by atoms with Crippen LogP contribution in [0.3, 0.4) is 0 Å². The van der Waals surface area contributed by atoms with Gasteiger partial charge >= 0.3 is 10.8 Å².